The Kier molecular flexibility index (Phi) is 11.2. The minimum absolute atomic E-state index is 0.0537. The summed E-state index contributed by atoms with van der Waals surface area (Å²) in [6.45, 7) is 11.8. The molecule has 36 heavy (non-hydrogen) atoms. The molecule has 3 aromatic carbocycles. The lowest BCUT2D eigenvalue weighted by molar-refractivity contribution is 0.126. The molecule has 2 atom stereocenters. The van der Waals surface area contributed by atoms with Crippen molar-refractivity contribution in [3.05, 3.63) is 94.5 Å². The van der Waals surface area contributed by atoms with Gasteiger partial charge in [-0.3, -0.25) is 5.32 Å². The van der Waals surface area contributed by atoms with Crippen molar-refractivity contribution in [3.8, 4) is 11.1 Å². The van der Waals surface area contributed by atoms with Crippen LogP contribution in [0.1, 0.15) is 99.9 Å². The number of aliphatic hydroxyl groups is 1. The second-order valence-electron chi connectivity index (χ2n) is 10.1. The van der Waals surface area contributed by atoms with Crippen LogP contribution in [0.15, 0.2) is 66.7 Å². The fourth-order valence-corrected chi connectivity index (χ4v) is 4.51. The molecular formula is C33H46N2O. The Labute approximate surface area is 219 Å². The normalized spacial score (nSPS) is 14.9. The van der Waals surface area contributed by atoms with Crippen LogP contribution in [0, 0.1) is 6.92 Å². The number of hydrogen-bond donors (Lipinski definition) is 3. The van der Waals surface area contributed by atoms with Crippen molar-refractivity contribution in [1.82, 2.24) is 10.6 Å². The Balaban J connectivity index is 0.000000840. The molecule has 0 aliphatic heterocycles. The highest BCUT2D eigenvalue weighted by Gasteiger charge is 2.18. The molecule has 1 saturated carbocycles. The van der Waals surface area contributed by atoms with Crippen LogP contribution in [0.5, 0.6) is 0 Å². The summed E-state index contributed by atoms with van der Waals surface area (Å²) >= 11 is 0. The van der Waals surface area contributed by atoms with Crippen LogP contribution in [-0.4, -0.2) is 11.1 Å². The third kappa shape index (κ3) is 7.77. The quantitative estimate of drug-likeness (QED) is 0.254. The average Bonchev–Trinajstić information content (AvgIpc) is 2.88. The fraction of sp³-hybridized carbons (Fsp3) is 0.455. The van der Waals surface area contributed by atoms with Gasteiger partial charge in [0, 0.05) is 18.6 Å². The third-order valence-corrected chi connectivity index (χ3v) is 7.36. The molecular weight excluding hydrogens is 440 g/mol. The van der Waals surface area contributed by atoms with Crippen LogP contribution in [0.4, 0.5) is 0 Å². The van der Waals surface area contributed by atoms with Crippen molar-refractivity contribution < 1.29 is 5.11 Å². The lowest BCUT2D eigenvalue weighted by Gasteiger charge is -2.27. The molecule has 2 unspecified atom stereocenters. The highest BCUT2D eigenvalue weighted by atomic mass is 16.3. The second-order valence-corrected chi connectivity index (χ2v) is 10.1. The third-order valence-electron chi connectivity index (χ3n) is 7.36. The molecule has 1 fully saturated rings. The summed E-state index contributed by atoms with van der Waals surface area (Å²) in [4.78, 5) is 0. The summed E-state index contributed by atoms with van der Waals surface area (Å²) in [5.41, 5.74) is 8.46. The Hall–Kier alpha value is -2.46. The van der Waals surface area contributed by atoms with E-state index in [1.807, 2.05) is 12.1 Å². The van der Waals surface area contributed by atoms with Crippen LogP contribution in [0.3, 0.4) is 0 Å². The topological polar surface area (TPSA) is 44.3 Å². The summed E-state index contributed by atoms with van der Waals surface area (Å²) in [5, 5.41) is 17.9. The Bertz CT molecular complexity index is 1060. The van der Waals surface area contributed by atoms with Crippen LogP contribution in [-0.2, 0) is 13.0 Å². The Morgan fingerprint density at radius 1 is 0.861 bits per heavy atom. The van der Waals surface area contributed by atoms with E-state index in [0.29, 0.717) is 6.04 Å². The zero-order chi connectivity index (χ0) is 25.9. The van der Waals surface area contributed by atoms with Crippen molar-refractivity contribution in [2.75, 3.05) is 0 Å². The minimum Gasteiger partial charge on any atom is -0.374 e. The second kappa shape index (κ2) is 14.3. The molecule has 3 nitrogen and oxygen atoms in total. The van der Waals surface area contributed by atoms with Crippen molar-refractivity contribution in [2.45, 2.75) is 98.0 Å². The predicted octanol–water partition coefficient (Wildman–Crippen LogP) is 8.01. The zero-order valence-electron chi connectivity index (χ0n) is 23.0. The summed E-state index contributed by atoms with van der Waals surface area (Å²) in [6, 6.07) is 24.1. The largest absolute Gasteiger partial charge is 0.374 e. The van der Waals surface area contributed by atoms with Gasteiger partial charge in [-0.1, -0.05) is 107 Å². The van der Waals surface area contributed by atoms with Gasteiger partial charge in [0.15, 0.2) is 0 Å². The average molecular weight is 487 g/mol. The van der Waals surface area contributed by atoms with Gasteiger partial charge in [-0.25, -0.2) is 0 Å². The molecule has 0 heterocycles. The van der Waals surface area contributed by atoms with Gasteiger partial charge < -0.3 is 10.4 Å². The highest BCUT2D eigenvalue weighted by molar-refractivity contribution is 5.67. The number of hydrogen-bond acceptors (Lipinski definition) is 3. The molecule has 0 spiro atoms. The first-order valence-corrected chi connectivity index (χ1v) is 13.9. The van der Waals surface area contributed by atoms with Crippen LogP contribution in [0.2, 0.25) is 0 Å². The molecule has 0 saturated heterocycles. The van der Waals surface area contributed by atoms with Gasteiger partial charge >= 0.3 is 0 Å². The van der Waals surface area contributed by atoms with Crippen molar-refractivity contribution >= 4 is 0 Å². The van der Waals surface area contributed by atoms with Crippen LogP contribution < -0.4 is 10.6 Å². The van der Waals surface area contributed by atoms with E-state index in [1.54, 1.807) is 0 Å². The van der Waals surface area contributed by atoms with Gasteiger partial charge in [0.05, 0.1) is 0 Å². The lowest BCUT2D eigenvalue weighted by Crippen LogP contribution is -2.34. The van der Waals surface area contributed by atoms with Gasteiger partial charge in [-0.05, 0) is 72.1 Å². The van der Waals surface area contributed by atoms with E-state index < -0.39 is 6.23 Å². The van der Waals surface area contributed by atoms with E-state index in [2.05, 4.69) is 99.8 Å². The van der Waals surface area contributed by atoms with E-state index in [4.69, 9.17) is 0 Å². The van der Waals surface area contributed by atoms with E-state index in [1.165, 1.54) is 65.5 Å². The number of benzene rings is 3. The number of aliphatic hydroxyl groups excluding tert-OH is 1. The first-order chi connectivity index (χ1) is 17.5. The summed E-state index contributed by atoms with van der Waals surface area (Å²) in [5.74, 6) is 0. The highest BCUT2D eigenvalue weighted by Crippen LogP contribution is 2.27. The summed E-state index contributed by atoms with van der Waals surface area (Å²) < 4.78 is 0. The van der Waals surface area contributed by atoms with Gasteiger partial charge in [0.2, 0.25) is 0 Å². The molecule has 0 amide bonds. The number of aryl methyl sites for hydroxylation is 2. The van der Waals surface area contributed by atoms with E-state index in [9.17, 15) is 5.11 Å². The molecule has 1 aliphatic carbocycles. The SMILES string of the molecule is CCCC.CCc1cc(C(C)NC(O)c2ccc(-c3ccccc3)c(C)c2)ccc1CNC1CCC1. The number of nitrogens with one attached hydrogen (secondary N) is 2. The zero-order valence-corrected chi connectivity index (χ0v) is 23.0. The summed E-state index contributed by atoms with van der Waals surface area (Å²) in [6.07, 6.45) is 6.93. The van der Waals surface area contributed by atoms with E-state index in [-0.39, 0.29) is 6.04 Å². The molecule has 3 N–H and O–H groups in total. The molecule has 1 aliphatic rings. The maximum absolute atomic E-state index is 10.9. The first kappa shape index (κ1) is 28.1. The maximum atomic E-state index is 10.9. The standard InChI is InChI=1S/C29H36N2O.C4H10/c1-4-22-18-24(13-14-26(22)19-30-27-11-8-12-27)21(3)31-29(32)25-15-16-28(20(2)17-25)23-9-6-5-7-10-23;1-3-4-2/h5-7,9-10,13-18,21,27,29-32H,4,8,11-12,19H2,1-3H3;3-4H2,1-2H3. The Morgan fingerprint density at radius 2 is 1.56 bits per heavy atom. The molecule has 194 valence electrons. The maximum Gasteiger partial charge on any atom is 0.131 e. The minimum atomic E-state index is -0.710. The molecule has 3 heteroatoms. The summed E-state index contributed by atoms with van der Waals surface area (Å²) in [7, 11) is 0. The lowest BCUT2D eigenvalue weighted by atomic mass is 9.92. The molecule has 0 aromatic heterocycles. The van der Waals surface area contributed by atoms with E-state index >= 15 is 0 Å². The van der Waals surface area contributed by atoms with Gasteiger partial charge in [0.25, 0.3) is 0 Å². The van der Waals surface area contributed by atoms with Gasteiger partial charge in [-0.2, -0.15) is 0 Å². The number of unbranched alkanes of at least 4 members (excludes halogenated alkanes) is 1. The predicted molar refractivity (Wildman–Crippen MR) is 154 cm³/mol. The van der Waals surface area contributed by atoms with Crippen molar-refractivity contribution in [1.29, 1.82) is 0 Å². The van der Waals surface area contributed by atoms with Crippen LogP contribution >= 0.6 is 0 Å². The molecule has 3 aromatic rings. The van der Waals surface area contributed by atoms with E-state index in [0.717, 1.165) is 18.5 Å². The van der Waals surface area contributed by atoms with Crippen molar-refractivity contribution in [2.24, 2.45) is 0 Å². The van der Waals surface area contributed by atoms with Gasteiger partial charge in [-0.15, -0.1) is 0 Å². The molecule has 0 radical (unpaired) electrons. The Morgan fingerprint density at radius 3 is 2.14 bits per heavy atom. The molecule has 0 bridgehead atoms. The van der Waals surface area contributed by atoms with Crippen molar-refractivity contribution in [3.63, 3.8) is 0 Å². The first-order valence-electron chi connectivity index (χ1n) is 13.9. The van der Waals surface area contributed by atoms with Crippen LogP contribution in [0.25, 0.3) is 11.1 Å². The molecule has 4 rings (SSSR count). The smallest absolute Gasteiger partial charge is 0.131 e. The fourth-order valence-electron chi connectivity index (χ4n) is 4.51. The monoisotopic (exact) mass is 486 g/mol. The number of rotatable bonds is 10. The van der Waals surface area contributed by atoms with Gasteiger partial charge in [0.1, 0.15) is 6.23 Å².